The predicted octanol–water partition coefficient (Wildman–Crippen LogP) is 12.0. The average Bonchev–Trinajstić information content (AvgIpc) is 3.19. The number of hydrogen-bond acceptors (Lipinski definition) is 6. The molecule has 2 amide bonds. The van der Waals surface area contributed by atoms with Crippen molar-refractivity contribution in [3.05, 3.63) is 84.6 Å². The van der Waals surface area contributed by atoms with Gasteiger partial charge in [-0.3, -0.25) is 19.2 Å². The molecule has 1 aromatic carbocycles. The van der Waals surface area contributed by atoms with Gasteiger partial charge in [0.15, 0.2) is 0 Å². The van der Waals surface area contributed by atoms with Crippen LogP contribution in [0.2, 0.25) is 0 Å². The van der Waals surface area contributed by atoms with Crippen molar-refractivity contribution in [3.63, 3.8) is 0 Å². The van der Waals surface area contributed by atoms with Crippen LogP contribution < -0.4 is 0 Å². The lowest BCUT2D eigenvalue weighted by molar-refractivity contribution is -0.138. The number of hydrogen-bond donors (Lipinski definition) is 4. The topological polar surface area (TPSA) is 156 Å². The molecule has 2 unspecified atom stereocenters. The summed E-state index contributed by atoms with van der Waals surface area (Å²) >= 11 is 0. The van der Waals surface area contributed by atoms with E-state index in [1.807, 2.05) is 106 Å². The number of carboxylic acids is 2. The fourth-order valence-corrected chi connectivity index (χ4v) is 6.22. The van der Waals surface area contributed by atoms with Gasteiger partial charge in [0.05, 0.1) is 24.3 Å². The summed E-state index contributed by atoms with van der Waals surface area (Å²) in [4.78, 5) is 49.0. The highest BCUT2D eigenvalue weighted by Crippen LogP contribution is 2.22. The Kier molecular flexibility index (Phi) is 46.8. The molecule has 0 aromatic heterocycles. The molecule has 0 saturated carbocycles. The lowest BCUT2D eigenvalue weighted by atomic mass is 9.99. The summed E-state index contributed by atoms with van der Waals surface area (Å²) in [7, 11) is 0. The Morgan fingerprint density at radius 1 is 0.700 bits per heavy atom. The zero-order chi connectivity index (χ0) is 42.0. The SMILES string of the molecule is C.C.C.C.CC.CC.CCCCCC(O)C=C[C@H]1CCCC(=O)N1C=CCCCCC(=O)O.O=C(O)CCCC=CCN1C(=O)CCC[C@@H]1C=CC(O)Cc1ccccc1. The van der Waals surface area contributed by atoms with Crippen molar-refractivity contribution >= 4 is 23.8 Å². The molecule has 0 aliphatic carbocycles. The molecule has 10 nitrogen and oxygen atoms in total. The minimum atomic E-state index is -0.783. The number of carbonyl (C=O) groups excluding carboxylic acids is 2. The number of benzene rings is 1. The molecule has 2 aliphatic rings. The molecule has 0 radical (unpaired) electrons. The van der Waals surface area contributed by atoms with Crippen LogP contribution in [0.3, 0.4) is 0 Å². The number of aliphatic hydroxyl groups excluding tert-OH is 2. The van der Waals surface area contributed by atoms with Crippen molar-refractivity contribution in [2.24, 2.45) is 0 Å². The number of aliphatic carboxylic acids is 2. The van der Waals surface area contributed by atoms with Crippen molar-refractivity contribution in [1.82, 2.24) is 9.80 Å². The van der Waals surface area contributed by atoms with Gasteiger partial charge in [0.1, 0.15) is 0 Å². The van der Waals surface area contributed by atoms with E-state index >= 15 is 0 Å². The highest BCUT2D eigenvalue weighted by Gasteiger charge is 2.26. The first-order valence-corrected chi connectivity index (χ1v) is 21.2. The second-order valence-electron chi connectivity index (χ2n) is 13.6. The van der Waals surface area contributed by atoms with Gasteiger partial charge in [-0.2, -0.15) is 0 Å². The molecule has 2 heterocycles. The van der Waals surface area contributed by atoms with Gasteiger partial charge in [0.25, 0.3) is 0 Å². The lowest BCUT2D eigenvalue weighted by Crippen LogP contribution is -2.42. The van der Waals surface area contributed by atoms with E-state index in [0.29, 0.717) is 45.1 Å². The van der Waals surface area contributed by atoms with Crippen LogP contribution in [0, 0.1) is 0 Å². The maximum atomic E-state index is 12.3. The van der Waals surface area contributed by atoms with E-state index in [-0.39, 0.29) is 66.4 Å². The standard InChI is InChI=1S/C22H29NO4.C20H33NO4.2C2H6.4CH4/c24-20(17-18-9-4-3-5-10-18)15-14-19-11-8-12-21(25)23(19)16-7-2-1-6-13-22(26)27;1-2-3-6-11-18(22)15-14-17-10-9-12-19(23)21(17)16-8-5-4-7-13-20(24)25;2*1-2;;;;/h2-5,7,9-10,14-15,19-20,24H,1,6,8,11-13,16-17H2,(H,26,27);8,14-18,22H,2-7,9-13H2,1H3,(H,24,25);2*1-2H3;4*1H4/t19-,20?;17-,18?;;;;;;/m11....../s1. The number of piperidine rings is 2. The fraction of sp³-hybridized carbons (Fsp3) is 0.640. The molecule has 2 aliphatic heterocycles. The van der Waals surface area contributed by atoms with Gasteiger partial charge >= 0.3 is 11.9 Å². The zero-order valence-electron chi connectivity index (χ0n) is 35.1. The second-order valence-corrected chi connectivity index (χ2v) is 13.6. The number of rotatable bonds is 22. The molecule has 348 valence electrons. The van der Waals surface area contributed by atoms with Crippen LogP contribution in [-0.2, 0) is 25.6 Å². The van der Waals surface area contributed by atoms with Gasteiger partial charge in [-0.25, -0.2) is 0 Å². The average molecular weight is 847 g/mol. The smallest absolute Gasteiger partial charge is 0.303 e. The third-order valence-electron chi connectivity index (χ3n) is 9.16. The van der Waals surface area contributed by atoms with E-state index in [2.05, 4.69) is 6.92 Å². The number of carbonyl (C=O) groups is 4. The van der Waals surface area contributed by atoms with Crippen LogP contribution in [0.15, 0.2) is 79.1 Å². The molecule has 10 heteroatoms. The minimum absolute atomic E-state index is 0. The number of nitrogens with zero attached hydrogens (tertiary/aromatic N) is 2. The fourth-order valence-electron chi connectivity index (χ4n) is 6.22. The van der Waals surface area contributed by atoms with Gasteiger partial charge in [-0.05, 0) is 69.8 Å². The summed E-state index contributed by atoms with van der Waals surface area (Å²) in [5.74, 6) is -1.31. The highest BCUT2D eigenvalue weighted by molar-refractivity contribution is 5.79. The van der Waals surface area contributed by atoms with Crippen molar-refractivity contribution in [1.29, 1.82) is 0 Å². The zero-order valence-corrected chi connectivity index (χ0v) is 35.1. The Hall–Kier alpha value is -4.02. The normalized spacial score (nSPS) is 17.1. The number of carboxylic acid groups (broad SMARTS) is 2. The first kappa shape index (κ1) is 65.1. The Bertz CT molecular complexity index is 1310. The number of unbranched alkanes of at least 4 members (excludes halogenated alkanes) is 5. The van der Waals surface area contributed by atoms with Gasteiger partial charge in [0, 0.05) is 44.8 Å². The molecule has 1 aromatic rings. The third-order valence-corrected chi connectivity index (χ3v) is 9.16. The Balaban J connectivity index is -0.000000293. The van der Waals surface area contributed by atoms with Crippen molar-refractivity contribution < 1.29 is 39.6 Å². The van der Waals surface area contributed by atoms with Crippen LogP contribution in [0.5, 0.6) is 0 Å². The van der Waals surface area contributed by atoms with Gasteiger partial charge < -0.3 is 30.2 Å². The molecule has 4 atom stereocenters. The number of likely N-dealkylation sites (tertiary alicyclic amines) is 2. The summed E-state index contributed by atoms with van der Waals surface area (Å²) in [6, 6.07) is 9.85. The molecule has 0 bridgehead atoms. The summed E-state index contributed by atoms with van der Waals surface area (Å²) in [6.07, 6.45) is 27.3. The number of allylic oxidation sites excluding steroid dienone is 2. The molecule has 60 heavy (non-hydrogen) atoms. The summed E-state index contributed by atoms with van der Waals surface area (Å²) in [5, 5.41) is 37.5. The second kappa shape index (κ2) is 43.1. The van der Waals surface area contributed by atoms with Crippen LogP contribution in [0.1, 0.15) is 179 Å². The molecule has 3 rings (SSSR count). The third kappa shape index (κ3) is 31.8. The molecule has 2 saturated heterocycles. The lowest BCUT2D eigenvalue weighted by Gasteiger charge is -2.33. The van der Waals surface area contributed by atoms with Gasteiger partial charge in [-0.15, -0.1) is 0 Å². The van der Waals surface area contributed by atoms with E-state index in [0.717, 1.165) is 69.8 Å². The Morgan fingerprint density at radius 3 is 1.87 bits per heavy atom. The van der Waals surface area contributed by atoms with Gasteiger partial charge in [-0.1, -0.05) is 156 Å². The maximum Gasteiger partial charge on any atom is 0.303 e. The number of aliphatic hydroxyl groups is 2. The van der Waals surface area contributed by atoms with E-state index in [9.17, 15) is 29.4 Å². The van der Waals surface area contributed by atoms with E-state index in [1.165, 1.54) is 0 Å². The molecule has 0 spiro atoms. The Morgan fingerprint density at radius 2 is 1.25 bits per heavy atom. The summed E-state index contributed by atoms with van der Waals surface area (Å²) < 4.78 is 0. The maximum absolute atomic E-state index is 12.3. The molecular weight excluding hydrogens is 757 g/mol. The van der Waals surface area contributed by atoms with Crippen molar-refractivity contribution in [3.8, 4) is 0 Å². The van der Waals surface area contributed by atoms with Gasteiger partial charge in [0.2, 0.25) is 11.8 Å². The molecular formula is C50H90N2O8. The van der Waals surface area contributed by atoms with E-state index in [4.69, 9.17) is 10.2 Å². The molecule has 4 N–H and O–H groups in total. The minimum Gasteiger partial charge on any atom is -0.481 e. The number of amides is 2. The quantitative estimate of drug-likeness (QED) is 0.0664. The first-order valence-electron chi connectivity index (χ1n) is 21.2. The highest BCUT2D eigenvalue weighted by atomic mass is 16.4. The van der Waals surface area contributed by atoms with Crippen molar-refractivity contribution in [2.45, 2.75) is 204 Å². The monoisotopic (exact) mass is 847 g/mol. The van der Waals surface area contributed by atoms with E-state index < -0.39 is 24.1 Å². The van der Waals surface area contributed by atoms with Crippen molar-refractivity contribution in [2.75, 3.05) is 6.54 Å². The van der Waals surface area contributed by atoms with E-state index in [1.54, 1.807) is 11.0 Å². The molecule has 2 fully saturated rings. The Labute approximate surface area is 367 Å². The largest absolute Gasteiger partial charge is 0.481 e. The predicted molar refractivity (Wildman–Crippen MR) is 254 cm³/mol. The summed E-state index contributed by atoms with van der Waals surface area (Å²) in [6.45, 7) is 10.7. The van der Waals surface area contributed by atoms with Crippen LogP contribution in [-0.4, -0.2) is 84.8 Å². The first-order chi connectivity index (χ1) is 27.1. The summed E-state index contributed by atoms with van der Waals surface area (Å²) in [5.41, 5.74) is 1.08. The van der Waals surface area contributed by atoms with Crippen LogP contribution in [0.4, 0.5) is 0 Å². The van der Waals surface area contributed by atoms with Crippen LogP contribution >= 0.6 is 0 Å². The van der Waals surface area contributed by atoms with Crippen LogP contribution in [0.25, 0.3) is 0 Å².